The van der Waals surface area contributed by atoms with E-state index in [-0.39, 0.29) is 5.97 Å². The summed E-state index contributed by atoms with van der Waals surface area (Å²) in [7, 11) is 0. The lowest BCUT2D eigenvalue weighted by Crippen LogP contribution is -2.05. The van der Waals surface area contributed by atoms with Gasteiger partial charge in [-0.05, 0) is 37.1 Å². The third kappa shape index (κ3) is 3.85. The zero-order valence-electron chi connectivity index (χ0n) is 11.8. The second-order valence-electron chi connectivity index (χ2n) is 4.52. The molecule has 104 valence electrons. The van der Waals surface area contributed by atoms with Gasteiger partial charge in [-0.25, -0.2) is 4.79 Å². The second-order valence-corrected chi connectivity index (χ2v) is 4.52. The highest BCUT2D eigenvalue weighted by Crippen LogP contribution is 2.26. The quantitative estimate of drug-likeness (QED) is 0.477. The predicted octanol–water partition coefficient (Wildman–Crippen LogP) is 3.53. The van der Waals surface area contributed by atoms with Crippen molar-refractivity contribution in [1.29, 1.82) is 0 Å². The molecule has 1 aromatic rings. The topological polar surface area (TPSA) is 35.5 Å². The van der Waals surface area contributed by atoms with Crippen LogP contribution in [0.4, 0.5) is 0 Å². The molecule has 0 bridgehead atoms. The fraction of sp³-hybridized carbons (Fsp3) is 0.235. The molecule has 0 saturated heterocycles. The van der Waals surface area contributed by atoms with Crippen LogP contribution in [0.5, 0.6) is 5.75 Å². The lowest BCUT2D eigenvalue weighted by molar-refractivity contribution is -0.137. The third-order valence-electron chi connectivity index (χ3n) is 2.85. The Kier molecular flexibility index (Phi) is 4.77. The van der Waals surface area contributed by atoms with Crippen molar-refractivity contribution in [2.75, 3.05) is 13.2 Å². The van der Waals surface area contributed by atoms with Gasteiger partial charge in [0.15, 0.2) is 0 Å². The van der Waals surface area contributed by atoms with E-state index in [1.54, 1.807) is 6.92 Å². The first kappa shape index (κ1) is 14.1. The molecule has 1 aromatic carbocycles. The molecule has 3 heteroatoms. The standard InChI is InChI=1S/C17H18O3/c1-3-19-17(18)10-13(2)8-9-14-11-15-6-4-5-7-16(15)20-12-14/h4-11H,3,12H2,1-2H3. The van der Waals surface area contributed by atoms with E-state index in [0.717, 1.165) is 22.5 Å². The number of fused-ring (bicyclic) bond motifs is 1. The van der Waals surface area contributed by atoms with Crippen molar-refractivity contribution < 1.29 is 14.3 Å². The first-order valence-electron chi connectivity index (χ1n) is 6.64. The van der Waals surface area contributed by atoms with Crippen LogP contribution >= 0.6 is 0 Å². The van der Waals surface area contributed by atoms with Crippen LogP contribution < -0.4 is 4.74 Å². The Morgan fingerprint density at radius 2 is 2.20 bits per heavy atom. The van der Waals surface area contributed by atoms with Gasteiger partial charge in [-0.1, -0.05) is 30.4 Å². The summed E-state index contributed by atoms with van der Waals surface area (Å²) in [5.74, 6) is 0.595. The van der Waals surface area contributed by atoms with Gasteiger partial charge in [-0.15, -0.1) is 0 Å². The minimum Gasteiger partial charge on any atom is -0.488 e. The number of hydrogen-bond donors (Lipinski definition) is 0. The van der Waals surface area contributed by atoms with Crippen LogP contribution in [0, 0.1) is 0 Å². The number of benzene rings is 1. The van der Waals surface area contributed by atoms with Crippen molar-refractivity contribution in [3.8, 4) is 5.75 Å². The zero-order chi connectivity index (χ0) is 14.4. The summed E-state index contributed by atoms with van der Waals surface area (Å²) < 4.78 is 10.5. The minimum atomic E-state index is -0.311. The average molecular weight is 270 g/mol. The highest BCUT2D eigenvalue weighted by molar-refractivity contribution is 5.83. The van der Waals surface area contributed by atoms with Crippen molar-refractivity contribution in [2.24, 2.45) is 0 Å². The van der Waals surface area contributed by atoms with Gasteiger partial charge in [0.1, 0.15) is 12.4 Å². The number of esters is 1. The van der Waals surface area contributed by atoms with Crippen molar-refractivity contribution in [3.63, 3.8) is 0 Å². The van der Waals surface area contributed by atoms with E-state index in [2.05, 4.69) is 6.08 Å². The van der Waals surface area contributed by atoms with Gasteiger partial charge in [0.2, 0.25) is 0 Å². The van der Waals surface area contributed by atoms with Gasteiger partial charge < -0.3 is 9.47 Å². The van der Waals surface area contributed by atoms with Gasteiger partial charge >= 0.3 is 5.97 Å². The van der Waals surface area contributed by atoms with E-state index < -0.39 is 0 Å². The Balaban J connectivity index is 2.06. The average Bonchev–Trinajstić information content (AvgIpc) is 2.45. The molecule has 0 aromatic heterocycles. The summed E-state index contributed by atoms with van der Waals surface area (Å²) in [6.07, 6.45) is 7.42. The molecule has 0 fully saturated rings. The largest absolute Gasteiger partial charge is 0.488 e. The fourth-order valence-electron chi connectivity index (χ4n) is 1.89. The summed E-state index contributed by atoms with van der Waals surface area (Å²) in [6, 6.07) is 7.92. The molecule has 0 amide bonds. The molecule has 3 nitrogen and oxygen atoms in total. The Morgan fingerprint density at radius 3 is 3.00 bits per heavy atom. The van der Waals surface area contributed by atoms with Crippen LogP contribution in [0.2, 0.25) is 0 Å². The highest BCUT2D eigenvalue weighted by Gasteiger charge is 2.08. The van der Waals surface area contributed by atoms with E-state index in [1.165, 1.54) is 6.08 Å². The molecule has 0 aliphatic carbocycles. The van der Waals surface area contributed by atoms with Gasteiger partial charge in [0.05, 0.1) is 6.61 Å². The second kappa shape index (κ2) is 6.75. The first-order chi connectivity index (χ1) is 9.69. The van der Waals surface area contributed by atoms with Gasteiger partial charge in [-0.3, -0.25) is 0 Å². The molecule has 1 aliphatic rings. The number of allylic oxidation sites excluding steroid dienone is 2. The fourth-order valence-corrected chi connectivity index (χ4v) is 1.89. The van der Waals surface area contributed by atoms with Crippen LogP contribution in [-0.4, -0.2) is 19.2 Å². The lowest BCUT2D eigenvalue weighted by Gasteiger charge is -2.15. The van der Waals surface area contributed by atoms with Gasteiger partial charge in [0.25, 0.3) is 0 Å². The molecule has 0 radical (unpaired) electrons. The molecule has 0 atom stereocenters. The van der Waals surface area contributed by atoms with E-state index >= 15 is 0 Å². The Morgan fingerprint density at radius 1 is 1.40 bits per heavy atom. The van der Waals surface area contributed by atoms with E-state index in [0.29, 0.717) is 13.2 Å². The SMILES string of the molecule is CCOC(=O)C=C(C)C=CC1=Cc2ccccc2OC1. The Labute approximate surface area is 119 Å². The van der Waals surface area contributed by atoms with E-state index in [1.807, 2.05) is 43.3 Å². The van der Waals surface area contributed by atoms with Crippen LogP contribution in [0.3, 0.4) is 0 Å². The number of carbonyl (C=O) groups is 1. The van der Waals surface area contributed by atoms with Gasteiger partial charge in [0, 0.05) is 11.6 Å². The normalized spacial score (nSPS) is 14.5. The molecule has 0 N–H and O–H groups in total. The zero-order valence-corrected chi connectivity index (χ0v) is 11.8. The van der Waals surface area contributed by atoms with Crippen molar-refractivity contribution in [1.82, 2.24) is 0 Å². The molecule has 2 rings (SSSR count). The van der Waals surface area contributed by atoms with E-state index in [4.69, 9.17) is 9.47 Å². The number of ether oxygens (including phenoxy) is 2. The Hall–Kier alpha value is -2.29. The van der Waals surface area contributed by atoms with Crippen molar-refractivity contribution in [3.05, 3.63) is 59.2 Å². The summed E-state index contributed by atoms with van der Waals surface area (Å²) in [5.41, 5.74) is 2.99. The molecule has 1 aliphatic heterocycles. The maximum Gasteiger partial charge on any atom is 0.330 e. The monoisotopic (exact) mass is 270 g/mol. The van der Waals surface area contributed by atoms with Crippen LogP contribution in [-0.2, 0) is 9.53 Å². The van der Waals surface area contributed by atoms with Crippen molar-refractivity contribution in [2.45, 2.75) is 13.8 Å². The molecule has 0 spiro atoms. The molecule has 1 heterocycles. The van der Waals surface area contributed by atoms with Gasteiger partial charge in [-0.2, -0.15) is 0 Å². The maximum absolute atomic E-state index is 11.3. The predicted molar refractivity (Wildman–Crippen MR) is 79.4 cm³/mol. The summed E-state index contributed by atoms with van der Waals surface area (Å²) in [5, 5.41) is 0. The lowest BCUT2D eigenvalue weighted by atomic mass is 10.1. The number of para-hydroxylation sites is 1. The van der Waals surface area contributed by atoms with Crippen LogP contribution in [0.25, 0.3) is 6.08 Å². The number of hydrogen-bond acceptors (Lipinski definition) is 3. The molecule has 20 heavy (non-hydrogen) atoms. The number of rotatable bonds is 4. The molecule has 0 unspecified atom stereocenters. The van der Waals surface area contributed by atoms with Crippen LogP contribution in [0.15, 0.2) is 53.6 Å². The number of carbonyl (C=O) groups excluding carboxylic acids is 1. The molecular weight excluding hydrogens is 252 g/mol. The maximum atomic E-state index is 11.3. The Bertz CT molecular complexity index is 580. The summed E-state index contributed by atoms with van der Waals surface area (Å²) >= 11 is 0. The third-order valence-corrected chi connectivity index (χ3v) is 2.85. The summed E-state index contributed by atoms with van der Waals surface area (Å²) in [6.45, 7) is 4.59. The molecular formula is C17H18O3. The van der Waals surface area contributed by atoms with Crippen molar-refractivity contribution >= 4 is 12.0 Å². The summed E-state index contributed by atoms with van der Waals surface area (Å²) in [4.78, 5) is 11.3. The molecule has 0 saturated carbocycles. The minimum absolute atomic E-state index is 0.311. The smallest absolute Gasteiger partial charge is 0.330 e. The highest BCUT2D eigenvalue weighted by atomic mass is 16.5. The van der Waals surface area contributed by atoms with Crippen LogP contribution in [0.1, 0.15) is 19.4 Å². The first-order valence-corrected chi connectivity index (χ1v) is 6.64. The van der Waals surface area contributed by atoms with E-state index in [9.17, 15) is 4.79 Å².